The Hall–Kier alpha value is -1.12. The van der Waals surface area contributed by atoms with E-state index in [1.54, 1.807) is 6.08 Å². The fourth-order valence-electron chi connectivity index (χ4n) is 0.933. The topological polar surface area (TPSA) is 29.5 Å². The van der Waals surface area contributed by atoms with Crippen LogP contribution in [0.3, 0.4) is 0 Å². The van der Waals surface area contributed by atoms with Crippen LogP contribution in [0, 0.1) is 0 Å². The highest BCUT2D eigenvalue weighted by Crippen LogP contribution is 2.14. The van der Waals surface area contributed by atoms with Gasteiger partial charge in [0.25, 0.3) is 0 Å². The third kappa shape index (κ3) is 1.94. The van der Waals surface area contributed by atoms with E-state index in [2.05, 4.69) is 6.58 Å². The molecular weight excluding hydrogens is 152 g/mol. The van der Waals surface area contributed by atoms with Crippen LogP contribution in [0.15, 0.2) is 30.8 Å². The molecule has 0 fully saturated rings. The van der Waals surface area contributed by atoms with Crippen LogP contribution in [-0.4, -0.2) is 12.2 Å². The fourth-order valence-corrected chi connectivity index (χ4v) is 0.933. The maximum atomic E-state index is 9.24. The fraction of sp³-hybridized carbons (Fsp3) is 0.200. The Bertz CT molecular complexity index is 251. The second-order valence-electron chi connectivity index (χ2n) is 2.46. The quantitative estimate of drug-likeness (QED) is 0.692. The minimum atomic E-state index is -0.830. The van der Waals surface area contributed by atoms with Crippen LogP contribution >= 0.6 is 0 Å². The van der Waals surface area contributed by atoms with E-state index in [-0.39, 0.29) is 0 Å². The van der Waals surface area contributed by atoms with Crippen LogP contribution in [0.2, 0.25) is 0 Å². The summed E-state index contributed by atoms with van der Waals surface area (Å²) >= 11 is 0. The van der Waals surface area contributed by atoms with Gasteiger partial charge in [-0.2, -0.15) is 0 Å². The highest BCUT2D eigenvalue weighted by Gasteiger charge is 2.03. The van der Waals surface area contributed by atoms with Crippen molar-refractivity contribution in [2.24, 2.45) is 0 Å². The molecule has 0 aromatic heterocycles. The van der Waals surface area contributed by atoms with Gasteiger partial charge in [0.05, 0.1) is 0 Å². The first-order valence-electron chi connectivity index (χ1n) is 3.71. The first-order chi connectivity index (χ1) is 5.77. The second kappa shape index (κ2) is 4.04. The average Bonchev–Trinajstić information content (AvgIpc) is 2.17. The Balaban J connectivity index is 2.84. The van der Waals surface area contributed by atoms with Crippen LogP contribution in [0.1, 0.15) is 17.4 Å². The van der Waals surface area contributed by atoms with Gasteiger partial charge >= 0.3 is 0 Å². The normalized spacial score (nSPS) is 12.5. The number of aliphatic hydroxyl groups is 1. The van der Waals surface area contributed by atoms with Crippen molar-refractivity contribution in [1.29, 1.82) is 0 Å². The summed E-state index contributed by atoms with van der Waals surface area (Å²) in [6.45, 7) is 3.63. The van der Waals surface area contributed by atoms with Gasteiger partial charge in [0.15, 0.2) is 6.29 Å². The number of aliphatic hydroxyl groups excluding tert-OH is 1. The summed E-state index contributed by atoms with van der Waals surface area (Å²) in [5.41, 5.74) is 1.78. The van der Waals surface area contributed by atoms with E-state index in [1.165, 1.54) is 7.11 Å². The Morgan fingerprint density at radius 1 is 1.42 bits per heavy atom. The van der Waals surface area contributed by atoms with E-state index in [9.17, 15) is 5.11 Å². The van der Waals surface area contributed by atoms with Gasteiger partial charge < -0.3 is 9.84 Å². The van der Waals surface area contributed by atoms with Crippen molar-refractivity contribution < 1.29 is 9.84 Å². The Morgan fingerprint density at radius 2 is 2.00 bits per heavy atom. The molecular formula is C10H12O2. The zero-order valence-corrected chi connectivity index (χ0v) is 7.03. The van der Waals surface area contributed by atoms with Gasteiger partial charge in [-0.3, -0.25) is 0 Å². The van der Waals surface area contributed by atoms with Crippen LogP contribution in [0.25, 0.3) is 6.08 Å². The molecule has 2 heteroatoms. The monoisotopic (exact) mass is 164 g/mol. The molecule has 2 nitrogen and oxygen atoms in total. The lowest BCUT2D eigenvalue weighted by Gasteiger charge is -2.07. The first kappa shape index (κ1) is 8.97. The van der Waals surface area contributed by atoms with Gasteiger partial charge in [-0.1, -0.05) is 36.9 Å². The number of benzene rings is 1. The minimum Gasteiger partial charge on any atom is -0.364 e. The van der Waals surface area contributed by atoms with Crippen molar-refractivity contribution >= 4 is 6.08 Å². The van der Waals surface area contributed by atoms with Crippen molar-refractivity contribution in [3.05, 3.63) is 42.0 Å². The third-order valence-corrected chi connectivity index (χ3v) is 1.68. The molecule has 0 bridgehead atoms. The molecule has 1 atom stereocenters. The molecule has 12 heavy (non-hydrogen) atoms. The van der Waals surface area contributed by atoms with Gasteiger partial charge in [0.2, 0.25) is 0 Å². The van der Waals surface area contributed by atoms with Crippen molar-refractivity contribution in [3.63, 3.8) is 0 Å². The summed E-state index contributed by atoms with van der Waals surface area (Å²) in [4.78, 5) is 0. The van der Waals surface area contributed by atoms with E-state index in [1.807, 2.05) is 24.3 Å². The predicted molar refractivity (Wildman–Crippen MR) is 48.5 cm³/mol. The summed E-state index contributed by atoms with van der Waals surface area (Å²) in [5, 5.41) is 9.24. The standard InChI is InChI=1S/C10H12O2/c1-3-8-4-6-9(7-5-8)10(11)12-2/h3-7,10-11H,1H2,2H3. The summed E-state index contributed by atoms with van der Waals surface area (Å²) in [6, 6.07) is 7.38. The van der Waals surface area contributed by atoms with Crippen LogP contribution in [0.4, 0.5) is 0 Å². The molecule has 1 aromatic rings. The van der Waals surface area contributed by atoms with E-state index in [0.717, 1.165) is 11.1 Å². The summed E-state index contributed by atoms with van der Waals surface area (Å²) in [6.07, 6.45) is 0.923. The molecule has 0 heterocycles. The molecule has 0 aliphatic carbocycles. The summed E-state index contributed by atoms with van der Waals surface area (Å²) < 4.78 is 4.74. The number of ether oxygens (including phenoxy) is 1. The van der Waals surface area contributed by atoms with E-state index < -0.39 is 6.29 Å². The van der Waals surface area contributed by atoms with E-state index in [4.69, 9.17) is 4.74 Å². The van der Waals surface area contributed by atoms with Gasteiger partial charge in [-0.25, -0.2) is 0 Å². The SMILES string of the molecule is C=Cc1ccc(C(O)OC)cc1. The summed E-state index contributed by atoms with van der Waals surface area (Å²) in [5.74, 6) is 0. The molecule has 1 rings (SSSR count). The molecule has 0 spiro atoms. The predicted octanol–water partition coefficient (Wildman–Crippen LogP) is 1.97. The molecule has 64 valence electrons. The molecule has 0 radical (unpaired) electrons. The Morgan fingerprint density at radius 3 is 2.42 bits per heavy atom. The average molecular weight is 164 g/mol. The highest BCUT2D eigenvalue weighted by atomic mass is 16.6. The molecule has 1 unspecified atom stereocenters. The summed E-state index contributed by atoms with van der Waals surface area (Å²) in [7, 11) is 1.46. The molecule has 0 saturated carbocycles. The highest BCUT2D eigenvalue weighted by molar-refractivity contribution is 5.47. The Kier molecular flexibility index (Phi) is 3.02. The van der Waals surface area contributed by atoms with Crippen LogP contribution in [-0.2, 0) is 4.74 Å². The van der Waals surface area contributed by atoms with Gasteiger partial charge in [0, 0.05) is 12.7 Å². The van der Waals surface area contributed by atoms with Crippen LogP contribution in [0.5, 0.6) is 0 Å². The molecule has 0 aliphatic rings. The van der Waals surface area contributed by atoms with Gasteiger partial charge in [0.1, 0.15) is 0 Å². The second-order valence-corrected chi connectivity index (χ2v) is 2.46. The zero-order valence-electron chi connectivity index (χ0n) is 7.03. The molecule has 1 aromatic carbocycles. The lowest BCUT2D eigenvalue weighted by Crippen LogP contribution is -1.98. The number of methoxy groups -OCH3 is 1. The van der Waals surface area contributed by atoms with Crippen molar-refractivity contribution in [1.82, 2.24) is 0 Å². The number of hydrogen-bond acceptors (Lipinski definition) is 2. The number of hydrogen-bond donors (Lipinski definition) is 1. The maximum absolute atomic E-state index is 9.24. The minimum absolute atomic E-state index is 0.753. The molecule has 1 N–H and O–H groups in total. The van der Waals surface area contributed by atoms with E-state index in [0.29, 0.717) is 0 Å². The smallest absolute Gasteiger partial charge is 0.180 e. The van der Waals surface area contributed by atoms with Crippen LogP contribution < -0.4 is 0 Å². The Labute approximate surface area is 72.1 Å². The zero-order chi connectivity index (χ0) is 8.97. The first-order valence-corrected chi connectivity index (χ1v) is 3.71. The maximum Gasteiger partial charge on any atom is 0.180 e. The lowest BCUT2D eigenvalue weighted by atomic mass is 10.1. The molecule has 0 aliphatic heterocycles. The van der Waals surface area contributed by atoms with Crippen molar-refractivity contribution in [3.8, 4) is 0 Å². The van der Waals surface area contributed by atoms with Crippen molar-refractivity contribution in [2.75, 3.05) is 7.11 Å². The third-order valence-electron chi connectivity index (χ3n) is 1.68. The largest absolute Gasteiger partial charge is 0.364 e. The lowest BCUT2D eigenvalue weighted by molar-refractivity contribution is -0.0769. The number of rotatable bonds is 3. The van der Waals surface area contributed by atoms with E-state index >= 15 is 0 Å². The van der Waals surface area contributed by atoms with Gasteiger partial charge in [-0.15, -0.1) is 0 Å². The molecule has 0 saturated heterocycles. The molecule has 0 amide bonds. The van der Waals surface area contributed by atoms with Crippen molar-refractivity contribution in [2.45, 2.75) is 6.29 Å². The van der Waals surface area contributed by atoms with Gasteiger partial charge in [-0.05, 0) is 5.56 Å².